The van der Waals surface area contributed by atoms with Gasteiger partial charge in [-0.25, -0.2) is 13.1 Å². The van der Waals surface area contributed by atoms with E-state index in [-0.39, 0.29) is 11.5 Å². The van der Waals surface area contributed by atoms with E-state index in [0.29, 0.717) is 30.3 Å². The minimum atomic E-state index is -3.54. The molecular weight excluding hydrogens is 288 g/mol. The molecule has 0 saturated heterocycles. The van der Waals surface area contributed by atoms with Crippen LogP contribution in [0.2, 0.25) is 0 Å². The van der Waals surface area contributed by atoms with E-state index >= 15 is 0 Å². The number of sulfonamides is 1. The van der Waals surface area contributed by atoms with Crippen LogP contribution < -0.4 is 4.72 Å². The van der Waals surface area contributed by atoms with Crippen LogP contribution in [-0.4, -0.2) is 44.6 Å². The van der Waals surface area contributed by atoms with E-state index in [9.17, 15) is 8.42 Å². The van der Waals surface area contributed by atoms with Crippen molar-refractivity contribution in [3.05, 3.63) is 29.3 Å². The summed E-state index contributed by atoms with van der Waals surface area (Å²) in [5, 5.41) is 9.13. The van der Waals surface area contributed by atoms with Crippen LogP contribution >= 0.6 is 0 Å². The molecule has 21 heavy (non-hydrogen) atoms. The van der Waals surface area contributed by atoms with Crippen molar-refractivity contribution in [2.75, 3.05) is 20.1 Å². The van der Waals surface area contributed by atoms with E-state index in [0.717, 1.165) is 6.42 Å². The molecule has 0 heterocycles. The molecule has 0 radical (unpaired) electrons. The molecule has 0 aliphatic heterocycles. The van der Waals surface area contributed by atoms with Crippen molar-refractivity contribution in [2.45, 2.75) is 44.7 Å². The number of aryl methyl sites for hydroxylation is 1. The maximum atomic E-state index is 12.3. The molecule has 5 nitrogen and oxygen atoms in total. The number of hydrogen-bond donors (Lipinski definition) is 2. The zero-order valence-corrected chi connectivity index (χ0v) is 14.1. The molecule has 1 aromatic carbocycles. The molecule has 0 aromatic heterocycles. The second kappa shape index (κ2) is 7.89. The molecule has 6 heteroatoms. The molecule has 1 rings (SSSR count). The van der Waals surface area contributed by atoms with Gasteiger partial charge in [-0.1, -0.05) is 19.1 Å². The first-order chi connectivity index (χ1) is 9.81. The fourth-order valence-electron chi connectivity index (χ4n) is 2.00. The highest BCUT2D eigenvalue weighted by molar-refractivity contribution is 7.89. The van der Waals surface area contributed by atoms with Gasteiger partial charge in [0.05, 0.1) is 11.5 Å². The van der Waals surface area contributed by atoms with Crippen molar-refractivity contribution < 1.29 is 13.5 Å². The summed E-state index contributed by atoms with van der Waals surface area (Å²) in [6.45, 7) is 6.83. The molecule has 0 fully saturated rings. The summed E-state index contributed by atoms with van der Waals surface area (Å²) in [6.07, 6.45) is 1.03. The Morgan fingerprint density at radius 2 is 2.05 bits per heavy atom. The number of nitrogens with zero attached hydrogens (tertiary/aromatic N) is 1. The summed E-state index contributed by atoms with van der Waals surface area (Å²) >= 11 is 0. The van der Waals surface area contributed by atoms with Crippen molar-refractivity contribution in [2.24, 2.45) is 0 Å². The number of hydrogen-bond acceptors (Lipinski definition) is 4. The topological polar surface area (TPSA) is 69.6 Å². The van der Waals surface area contributed by atoms with Gasteiger partial charge < -0.3 is 10.0 Å². The Bertz CT molecular complexity index is 558. The molecule has 2 N–H and O–H groups in total. The second-order valence-electron chi connectivity index (χ2n) is 5.39. The lowest BCUT2D eigenvalue weighted by Crippen LogP contribution is -2.37. The quantitative estimate of drug-likeness (QED) is 0.763. The predicted molar refractivity (Wildman–Crippen MR) is 84.7 cm³/mol. The summed E-state index contributed by atoms with van der Waals surface area (Å²) in [5.74, 6) is 0. The smallest absolute Gasteiger partial charge is 0.240 e. The molecule has 0 bridgehead atoms. The maximum Gasteiger partial charge on any atom is 0.240 e. The number of aliphatic hydroxyl groups excluding tert-OH is 1. The van der Waals surface area contributed by atoms with E-state index in [2.05, 4.69) is 23.5 Å². The SMILES string of the molecule is CCC(C)N(C)CCNS(=O)(=O)c1cc(CO)ccc1C. The van der Waals surface area contributed by atoms with E-state index in [1.807, 2.05) is 7.05 Å². The average molecular weight is 314 g/mol. The number of aliphatic hydroxyl groups is 1. The van der Waals surface area contributed by atoms with E-state index in [1.165, 1.54) is 6.07 Å². The van der Waals surface area contributed by atoms with Crippen LogP contribution in [0.3, 0.4) is 0 Å². The Kier molecular flexibility index (Phi) is 6.80. The van der Waals surface area contributed by atoms with Crippen LogP contribution in [0.4, 0.5) is 0 Å². The molecule has 120 valence electrons. The molecule has 0 spiro atoms. The molecule has 0 aliphatic carbocycles. The minimum absolute atomic E-state index is 0.167. The average Bonchev–Trinajstić information content (AvgIpc) is 2.46. The molecule has 1 aromatic rings. The Morgan fingerprint density at radius 1 is 1.38 bits per heavy atom. The zero-order chi connectivity index (χ0) is 16.0. The predicted octanol–water partition coefficient (Wildman–Crippen LogP) is 1.50. The van der Waals surface area contributed by atoms with Crippen molar-refractivity contribution in [1.82, 2.24) is 9.62 Å². The van der Waals surface area contributed by atoms with Crippen molar-refractivity contribution >= 4 is 10.0 Å². The first kappa shape index (κ1) is 18.1. The Morgan fingerprint density at radius 3 is 2.62 bits per heavy atom. The lowest BCUT2D eigenvalue weighted by atomic mass is 10.2. The van der Waals surface area contributed by atoms with Crippen LogP contribution in [0.1, 0.15) is 31.4 Å². The molecular formula is C15H26N2O3S. The van der Waals surface area contributed by atoms with Gasteiger partial charge >= 0.3 is 0 Å². The standard InChI is InChI=1S/C15H26N2O3S/c1-5-13(3)17(4)9-8-16-21(19,20)15-10-14(11-18)7-6-12(15)2/h6-7,10,13,16,18H,5,8-9,11H2,1-4H3. The van der Waals surface area contributed by atoms with Gasteiger partial charge in [0.1, 0.15) is 0 Å². The largest absolute Gasteiger partial charge is 0.392 e. The third kappa shape index (κ3) is 5.07. The highest BCUT2D eigenvalue weighted by Gasteiger charge is 2.17. The van der Waals surface area contributed by atoms with Crippen LogP contribution in [0.15, 0.2) is 23.1 Å². The van der Waals surface area contributed by atoms with Crippen molar-refractivity contribution in [3.63, 3.8) is 0 Å². The fraction of sp³-hybridized carbons (Fsp3) is 0.600. The molecule has 0 aliphatic rings. The summed E-state index contributed by atoms with van der Waals surface area (Å²) < 4.78 is 27.3. The third-order valence-corrected chi connectivity index (χ3v) is 5.43. The number of rotatable bonds is 8. The number of benzene rings is 1. The van der Waals surface area contributed by atoms with Gasteiger partial charge in [0.2, 0.25) is 10.0 Å². The Balaban J connectivity index is 2.74. The Hall–Kier alpha value is -0.950. The highest BCUT2D eigenvalue weighted by Crippen LogP contribution is 2.17. The maximum absolute atomic E-state index is 12.3. The molecule has 0 saturated carbocycles. The van der Waals surface area contributed by atoms with Gasteiger partial charge in [0.25, 0.3) is 0 Å². The van der Waals surface area contributed by atoms with Crippen LogP contribution in [0.5, 0.6) is 0 Å². The van der Waals surface area contributed by atoms with E-state index in [4.69, 9.17) is 5.11 Å². The van der Waals surface area contributed by atoms with Crippen molar-refractivity contribution in [1.29, 1.82) is 0 Å². The first-order valence-electron chi connectivity index (χ1n) is 7.22. The number of likely N-dealkylation sites (N-methyl/N-ethyl adjacent to an activating group) is 1. The summed E-state index contributed by atoms with van der Waals surface area (Å²) in [4.78, 5) is 2.36. The van der Waals surface area contributed by atoms with Crippen LogP contribution in [0.25, 0.3) is 0 Å². The van der Waals surface area contributed by atoms with E-state index in [1.54, 1.807) is 19.1 Å². The lowest BCUT2D eigenvalue weighted by molar-refractivity contribution is 0.256. The summed E-state index contributed by atoms with van der Waals surface area (Å²) in [6, 6.07) is 5.39. The van der Waals surface area contributed by atoms with E-state index < -0.39 is 10.0 Å². The van der Waals surface area contributed by atoms with Crippen molar-refractivity contribution in [3.8, 4) is 0 Å². The van der Waals surface area contributed by atoms with Gasteiger partial charge in [-0.05, 0) is 44.5 Å². The van der Waals surface area contributed by atoms with Gasteiger partial charge in [-0.15, -0.1) is 0 Å². The highest BCUT2D eigenvalue weighted by atomic mass is 32.2. The fourth-order valence-corrected chi connectivity index (χ4v) is 3.31. The van der Waals surface area contributed by atoms with Gasteiger partial charge in [-0.3, -0.25) is 0 Å². The summed E-state index contributed by atoms with van der Waals surface area (Å²) in [5.41, 5.74) is 1.27. The van der Waals surface area contributed by atoms with Crippen LogP contribution in [-0.2, 0) is 16.6 Å². The lowest BCUT2D eigenvalue weighted by Gasteiger charge is -2.23. The number of nitrogens with one attached hydrogen (secondary N) is 1. The minimum Gasteiger partial charge on any atom is -0.392 e. The van der Waals surface area contributed by atoms with Gasteiger partial charge in [-0.2, -0.15) is 0 Å². The summed E-state index contributed by atoms with van der Waals surface area (Å²) in [7, 11) is -1.55. The monoisotopic (exact) mass is 314 g/mol. The Labute approximate surface area is 128 Å². The molecule has 0 amide bonds. The molecule has 1 unspecified atom stereocenters. The zero-order valence-electron chi connectivity index (χ0n) is 13.3. The molecule has 1 atom stereocenters. The normalized spacial score (nSPS) is 13.6. The van der Waals surface area contributed by atoms with Gasteiger partial charge in [0.15, 0.2) is 0 Å². The second-order valence-corrected chi connectivity index (χ2v) is 7.13. The van der Waals surface area contributed by atoms with Crippen LogP contribution in [0, 0.1) is 6.92 Å². The van der Waals surface area contributed by atoms with Gasteiger partial charge in [0, 0.05) is 19.1 Å². The third-order valence-electron chi connectivity index (χ3n) is 3.82. The first-order valence-corrected chi connectivity index (χ1v) is 8.70.